The van der Waals surface area contributed by atoms with Gasteiger partial charge in [-0.2, -0.15) is 0 Å². The van der Waals surface area contributed by atoms with Crippen molar-refractivity contribution in [1.29, 1.82) is 0 Å². The summed E-state index contributed by atoms with van der Waals surface area (Å²) in [5, 5.41) is 144. The molecule has 0 aromatic carbocycles. The maximum atomic E-state index is 12.3. The Bertz CT molecular complexity index is 2100. The fourth-order valence-electron chi connectivity index (χ4n) is 17.2. The molecule has 5 aliphatic heterocycles. The largest absolute Gasteiger partial charge is 0.396 e. The second-order valence-electron chi connectivity index (χ2n) is 26.6. The van der Waals surface area contributed by atoms with Gasteiger partial charge in [0.05, 0.1) is 56.4 Å². The predicted molar refractivity (Wildman–Crippen MR) is 261 cm³/mol. The molecular formula is C54H88O22. The third-order valence-electron chi connectivity index (χ3n) is 22.1. The molecule has 76 heavy (non-hydrogen) atoms. The molecule has 0 aromatic rings. The van der Waals surface area contributed by atoms with Gasteiger partial charge in [0.15, 0.2) is 25.2 Å². The van der Waals surface area contributed by atoms with Crippen LogP contribution in [-0.4, -0.2) is 233 Å². The molecule has 1 spiro atoms. The van der Waals surface area contributed by atoms with Crippen LogP contribution in [-0.2, 0) is 42.6 Å². The Balaban J connectivity index is 0.936. The molecule has 10 rings (SSSR count). The highest BCUT2D eigenvalue weighted by Crippen LogP contribution is 2.79. The molecule has 10 aliphatic rings. The molecule has 9 fully saturated rings. The van der Waals surface area contributed by atoms with Crippen molar-refractivity contribution >= 4 is 0 Å². The zero-order valence-corrected chi connectivity index (χ0v) is 45.1. The van der Waals surface area contributed by atoms with E-state index >= 15 is 0 Å². The average Bonchev–Trinajstić information content (AvgIpc) is 3.89. The van der Waals surface area contributed by atoms with Gasteiger partial charge >= 0.3 is 0 Å². The van der Waals surface area contributed by atoms with Crippen molar-refractivity contribution < 1.29 is 109 Å². The van der Waals surface area contributed by atoms with Crippen molar-refractivity contribution in [3.05, 3.63) is 12.2 Å². The second kappa shape index (κ2) is 20.3. The topological polar surface area (TPSA) is 346 Å². The first-order valence-electron chi connectivity index (χ1n) is 27.8. The predicted octanol–water partition coefficient (Wildman–Crippen LogP) is -1.55. The van der Waals surface area contributed by atoms with Crippen LogP contribution >= 0.6 is 0 Å². The maximum Gasteiger partial charge on any atom is 0.187 e. The number of rotatable bonds is 11. The number of aliphatic hydroxyl groups excluding tert-OH is 13. The van der Waals surface area contributed by atoms with Crippen LogP contribution in [0.25, 0.3) is 0 Å². The summed E-state index contributed by atoms with van der Waals surface area (Å²) < 4.78 is 56.5. The first kappa shape index (κ1) is 58.1. The van der Waals surface area contributed by atoms with E-state index in [0.717, 1.165) is 25.7 Å². The summed E-state index contributed by atoms with van der Waals surface area (Å²) in [7, 11) is 0. The summed E-state index contributed by atoms with van der Waals surface area (Å²) >= 11 is 0. The standard InChI is InChI=1S/C54H88O22/c1-23-32(59)35(62)38(65)44(69-23)74-41-26(20-56)72-46(40(67)37(41)64)75-42-33(60)24(2)70-47(43(42)76-45-39(66)36(63)34(61)25(19-55)71-45)73-31-11-12-49(5)27(50(31,6)21-57)9-13-51(7)28(49)10-14-54-29-17-48(3,4)15-16-53(29,22-68-54)30(58)18-52(51,54)8/h10,14,23-47,55-67H,9,11-13,15-22H2,1-8H3/t23-,24+,25+,26+,27?,28?,29+,30-,31-,32-,33-,34+,35+,36-,37+,38+,39+,40+,41+,42-,43+,44-,45-,46-,47-,49-,50-,51+,52-,53+,54-/m0/s1. The van der Waals surface area contributed by atoms with E-state index in [1.54, 1.807) is 0 Å². The van der Waals surface area contributed by atoms with Gasteiger partial charge in [0.1, 0.15) is 85.5 Å². The highest BCUT2D eigenvalue weighted by Gasteiger charge is 2.79. The third kappa shape index (κ3) is 8.54. The van der Waals surface area contributed by atoms with Crippen LogP contribution in [0.2, 0.25) is 0 Å². The van der Waals surface area contributed by atoms with Crippen LogP contribution < -0.4 is 0 Å². The number of fused-ring (bicyclic) bond motifs is 4. The molecule has 5 heterocycles. The van der Waals surface area contributed by atoms with Crippen LogP contribution in [0, 0.1) is 50.2 Å². The van der Waals surface area contributed by atoms with E-state index in [9.17, 15) is 66.4 Å². The van der Waals surface area contributed by atoms with Gasteiger partial charge in [-0.15, -0.1) is 0 Å². The van der Waals surface area contributed by atoms with Gasteiger partial charge in [-0.3, -0.25) is 0 Å². The highest BCUT2D eigenvalue weighted by molar-refractivity contribution is 5.36. The van der Waals surface area contributed by atoms with Gasteiger partial charge in [0.2, 0.25) is 0 Å². The Morgan fingerprint density at radius 1 is 0.526 bits per heavy atom. The summed E-state index contributed by atoms with van der Waals surface area (Å²) in [5.74, 6) is 0.0584. The van der Waals surface area contributed by atoms with Crippen LogP contribution in [0.5, 0.6) is 0 Å². The highest BCUT2D eigenvalue weighted by atomic mass is 16.8. The van der Waals surface area contributed by atoms with E-state index in [2.05, 4.69) is 46.8 Å². The zero-order valence-electron chi connectivity index (χ0n) is 45.1. The lowest BCUT2D eigenvalue weighted by Crippen LogP contribution is -2.72. The van der Waals surface area contributed by atoms with Gasteiger partial charge in [-0.05, 0) is 93.3 Å². The normalized spacial score (nSPS) is 58.7. The molecule has 5 saturated heterocycles. The number of hydrogen-bond acceptors (Lipinski definition) is 22. The number of ether oxygens (including phenoxy) is 9. The smallest absolute Gasteiger partial charge is 0.187 e. The molecule has 0 radical (unpaired) electrons. The van der Waals surface area contributed by atoms with E-state index in [0.29, 0.717) is 32.3 Å². The van der Waals surface area contributed by atoms with Crippen LogP contribution in [0.1, 0.15) is 107 Å². The fraction of sp³-hybridized carbons (Fsp3) is 0.963. The summed E-state index contributed by atoms with van der Waals surface area (Å²) in [5.41, 5.74) is -2.77. The summed E-state index contributed by atoms with van der Waals surface area (Å²) in [4.78, 5) is 0. The van der Waals surface area contributed by atoms with Crippen LogP contribution in [0.3, 0.4) is 0 Å². The summed E-state index contributed by atoms with van der Waals surface area (Å²) in [6.07, 6.45) is -23.4. The van der Waals surface area contributed by atoms with Gasteiger partial charge in [0.25, 0.3) is 0 Å². The molecule has 22 heteroatoms. The lowest BCUT2D eigenvalue weighted by molar-refractivity contribution is -0.403. The van der Waals surface area contributed by atoms with Crippen molar-refractivity contribution in [2.24, 2.45) is 50.2 Å². The summed E-state index contributed by atoms with van der Waals surface area (Å²) in [6, 6.07) is 0. The molecule has 436 valence electrons. The van der Waals surface area contributed by atoms with Crippen LogP contribution in [0.15, 0.2) is 12.2 Å². The second-order valence-corrected chi connectivity index (χ2v) is 26.6. The van der Waals surface area contributed by atoms with Crippen molar-refractivity contribution in [1.82, 2.24) is 0 Å². The molecule has 31 atom stereocenters. The first-order chi connectivity index (χ1) is 35.6. The lowest BCUT2D eigenvalue weighted by Gasteiger charge is -2.73. The van der Waals surface area contributed by atoms with Gasteiger partial charge in [0, 0.05) is 22.2 Å². The fourth-order valence-corrected chi connectivity index (χ4v) is 17.2. The molecule has 2 unspecified atom stereocenters. The molecule has 22 nitrogen and oxygen atoms in total. The van der Waals surface area contributed by atoms with Crippen LogP contribution in [0.4, 0.5) is 0 Å². The monoisotopic (exact) mass is 1090 g/mol. The number of allylic oxidation sites excluding steroid dienone is 1. The van der Waals surface area contributed by atoms with E-state index < -0.39 is 165 Å². The van der Waals surface area contributed by atoms with Gasteiger partial charge in [-0.25, -0.2) is 0 Å². The molecule has 0 amide bonds. The van der Waals surface area contributed by atoms with Crippen molar-refractivity contribution in [3.63, 3.8) is 0 Å². The van der Waals surface area contributed by atoms with Gasteiger partial charge < -0.3 is 109 Å². The Hall–Kier alpha value is -1.14. The minimum absolute atomic E-state index is 0.0242. The number of aliphatic hydroxyl groups is 13. The minimum atomic E-state index is -2.01. The van der Waals surface area contributed by atoms with E-state index in [1.807, 2.05) is 6.92 Å². The molecule has 13 N–H and O–H groups in total. The summed E-state index contributed by atoms with van der Waals surface area (Å²) in [6.45, 7) is 15.2. The first-order valence-corrected chi connectivity index (χ1v) is 27.8. The lowest BCUT2D eigenvalue weighted by atomic mass is 9.32. The quantitative estimate of drug-likeness (QED) is 0.0823. The average molecular weight is 1090 g/mol. The Labute approximate surface area is 444 Å². The molecule has 0 aromatic heterocycles. The van der Waals surface area contributed by atoms with E-state index in [-0.39, 0.29) is 46.0 Å². The third-order valence-corrected chi connectivity index (χ3v) is 22.1. The Morgan fingerprint density at radius 2 is 1.11 bits per heavy atom. The molecule has 4 saturated carbocycles. The molecule has 2 bridgehead atoms. The van der Waals surface area contributed by atoms with Crippen molar-refractivity contribution in [2.45, 2.75) is 247 Å². The van der Waals surface area contributed by atoms with E-state index in [1.165, 1.54) is 13.8 Å². The van der Waals surface area contributed by atoms with Crippen molar-refractivity contribution in [3.8, 4) is 0 Å². The zero-order chi connectivity index (χ0) is 55.2. The minimum Gasteiger partial charge on any atom is -0.396 e. The number of hydrogen-bond donors (Lipinski definition) is 13. The Kier molecular flexibility index (Phi) is 15.5. The molecule has 5 aliphatic carbocycles. The van der Waals surface area contributed by atoms with Gasteiger partial charge in [-0.1, -0.05) is 53.7 Å². The Morgan fingerprint density at radius 3 is 1.76 bits per heavy atom. The SMILES string of the molecule is C[C@@H]1O[C@@H](O[C@H]2[C@H](O)[C@@H](O)[C@H](O[C@H]3[C@@H](O)[C@@H](C)O[C@@H](O[C@H]4CC[C@@]5(C)C(CC[C@]6(C)C5C=C[C@]57OC[C@@]8(CCC(C)(C)C[C@H]85)[C@@H](O)C[C@]76C)[C@]4(C)CO)[C@@H]3O[C@@H]3O[C@H](CO)[C@@H](O)[C@H](O)[C@H]3O)O[C@@H]2CO)[C@H](O)[C@H](O)[C@H]1O. The van der Waals surface area contributed by atoms with E-state index in [4.69, 9.17) is 42.6 Å². The van der Waals surface area contributed by atoms with Crippen molar-refractivity contribution in [2.75, 3.05) is 26.4 Å². The maximum absolute atomic E-state index is 12.3. The molecular weight excluding hydrogens is 1000 g/mol.